The van der Waals surface area contributed by atoms with Crippen LogP contribution in [-0.4, -0.2) is 68.3 Å². The van der Waals surface area contributed by atoms with E-state index in [-0.39, 0.29) is 55.7 Å². The summed E-state index contributed by atoms with van der Waals surface area (Å²) in [6.07, 6.45) is 2.63. The van der Waals surface area contributed by atoms with Crippen molar-refractivity contribution < 1.29 is 33.1 Å². The lowest BCUT2D eigenvalue weighted by Crippen LogP contribution is -2.33. The van der Waals surface area contributed by atoms with E-state index in [0.717, 1.165) is 0 Å². The fraction of sp³-hybridized carbons (Fsp3) is 0.348. The maximum absolute atomic E-state index is 14.9. The summed E-state index contributed by atoms with van der Waals surface area (Å²) in [7, 11) is 0. The largest absolute Gasteiger partial charge is 0.443 e. The van der Waals surface area contributed by atoms with E-state index in [1.54, 1.807) is 6.07 Å². The van der Waals surface area contributed by atoms with Gasteiger partial charge in [-0.3, -0.25) is 24.2 Å². The zero-order valence-electron chi connectivity index (χ0n) is 20.1. The number of imidazole rings is 1. The van der Waals surface area contributed by atoms with Crippen LogP contribution in [0.1, 0.15) is 12.6 Å². The van der Waals surface area contributed by atoms with Gasteiger partial charge >= 0.3 is 17.9 Å². The number of hydrogen-bond acceptors (Lipinski definition) is 10. The van der Waals surface area contributed by atoms with Gasteiger partial charge in [0, 0.05) is 17.5 Å². The van der Waals surface area contributed by atoms with Crippen LogP contribution in [0.3, 0.4) is 0 Å². The van der Waals surface area contributed by atoms with Gasteiger partial charge < -0.3 is 29.6 Å². The van der Waals surface area contributed by atoms with Crippen molar-refractivity contribution in [3.63, 3.8) is 0 Å². The number of carbonyl (C=O) groups is 2. The van der Waals surface area contributed by atoms with Crippen LogP contribution in [0.4, 0.5) is 20.7 Å². The van der Waals surface area contributed by atoms with E-state index in [2.05, 4.69) is 20.3 Å². The highest BCUT2D eigenvalue weighted by atomic mass is 19.1. The second-order valence-electron chi connectivity index (χ2n) is 8.65. The Labute approximate surface area is 214 Å². The van der Waals surface area contributed by atoms with Crippen molar-refractivity contribution in [1.29, 1.82) is 0 Å². The van der Waals surface area contributed by atoms with Gasteiger partial charge in [0.25, 0.3) is 0 Å². The van der Waals surface area contributed by atoms with Gasteiger partial charge in [0.15, 0.2) is 0 Å². The molecule has 2 aliphatic heterocycles. The summed E-state index contributed by atoms with van der Waals surface area (Å²) in [5.41, 5.74) is 1.31. The minimum atomic E-state index is -0.623. The summed E-state index contributed by atoms with van der Waals surface area (Å²) in [4.78, 5) is 47.2. The molecular formula is C23H22FN7O7. The van der Waals surface area contributed by atoms with Crippen LogP contribution in [0.15, 0.2) is 36.8 Å². The van der Waals surface area contributed by atoms with Crippen molar-refractivity contribution in [1.82, 2.24) is 24.8 Å². The number of rotatable bonds is 8. The molecule has 38 heavy (non-hydrogen) atoms. The van der Waals surface area contributed by atoms with Crippen molar-refractivity contribution in [3.8, 4) is 17.3 Å². The zero-order valence-corrected chi connectivity index (χ0v) is 20.1. The number of benzene rings is 1. The predicted molar refractivity (Wildman–Crippen MR) is 127 cm³/mol. The number of aromatic nitrogens is 4. The minimum absolute atomic E-state index is 0.103. The molecule has 1 aromatic carbocycles. The number of amides is 2. The molecule has 15 heteroatoms. The fourth-order valence-electron chi connectivity index (χ4n) is 4.01. The molecule has 0 unspecified atom stereocenters. The van der Waals surface area contributed by atoms with Gasteiger partial charge in [-0.2, -0.15) is 0 Å². The lowest BCUT2D eigenvalue weighted by molar-refractivity contribution is -0.389. The highest BCUT2D eigenvalue weighted by Gasteiger charge is 2.33. The van der Waals surface area contributed by atoms with Crippen LogP contribution in [-0.2, 0) is 27.4 Å². The van der Waals surface area contributed by atoms with Gasteiger partial charge in [0.1, 0.15) is 30.8 Å². The number of carbonyl (C=O) groups excluding carboxylic acids is 2. The fourth-order valence-corrected chi connectivity index (χ4v) is 4.01. The summed E-state index contributed by atoms with van der Waals surface area (Å²) >= 11 is 0. The van der Waals surface area contributed by atoms with Crippen LogP contribution in [0.2, 0.25) is 0 Å². The van der Waals surface area contributed by atoms with E-state index < -0.39 is 22.9 Å². The molecule has 2 aromatic heterocycles. The molecule has 198 valence electrons. The number of nitrogens with one attached hydrogen (secondary N) is 1. The average Bonchev–Trinajstić information content (AvgIpc) is 3.49. The van der Waals surface area contributed by atoms with E-state index >= 15 is 0 Å². The minimum Gasteiger partial charge on any atom is -0.443 e. The first kappa shape index (κ1) is 25.0. The Morgan fingerprint density at radius 2 is 2.16 bits per heavy atom. The third-order valence-corrected chi connectivity index (χ3v) is 5.88. The summed E-state index contributed by atoms with van der Waals surface area (Å²) in [5.74, 6) is -1.13. The van der Waals surface area contributed by atoms with Crippen molar-refractivity contribution in [2.24, 2.45) is 0 Å². The molecular weight excluding hydrogens is 505 g/mol. The molecule has 1 saturated heterocycles. The molecule has 0 saturated carbocycles. The number of hydrogen-bond donors (Lipinski definition) is 1. The van der Waals surface area contributed by atoms with Gasteiger partial charge in [-0.25, -0.2) is 9.18 Å². The van der Waals surface area contributed by atoms with Crippen LogP contribution in [0.5, 0.6) is 6.01 Å². The molecule has 2 aliphatic rings. The lowest BCUT2D eigenvalue weighted by Gasteiger charge is -2.22. The summed E-state index contributed by atoms with van der Waals surface area (Å²) in [6, 6.07) is 4.46. The monoisotopic (exact) mass is 527 g/mol. The second kappa shape index (κ2) is 10.4. The first-order chi connectivity index (χ1) is 18.3. The summed E-state index contributed by atoms with van der Waals surface area (Å²) < 4.78 is 32.9. The van der Waals surface area contributed by atoms with Crippen LogP contribution in [0.25, 0.3) is 11.3 Å². The molecule has 1 N–H and O–H groups in total. The Kier molecular flexibility index (Phi) is 6.83. The Morgan fingerprint density at radius 1 is 1.32 bits per heavy atom. The van der Waals surface area contributed by atoms with Crippen molar-refractivity contribution in [2.75, 3.05) is 24.6 Å². The highest BCUT2D eigenvalue weighted by molar-refractivity contribution is 5.90. The number of cyclic esters (lactones) is 1. The van der Waals surface area contributed by atoms with Gasteiger partial charge in [0.2, 0.25) is 5.91 Å². The highest BCUT2D eigenvalue weighted by Crippen LogP contribution is 2.28. The Balaban J connectivity index is 1.18. The van der Waals surface area contributed by atoms with Crippen molar-refractivity contribution >= 4 is 23.5 Å². The molecule has 4 heterocycles. The summed E-state index contributed by atoms with van der Waals surface area (Å²) in [6.45, 7) is 2.33. The Hall–Kier alpha value is -4.66. The maximum atomic E-state index is 14.9. The molecule has 2 amide bonds. The molecule has 0 aliphatic carbocycles. The van der Waals surface area contributed by atoms with E-state index in [0.29, 0.717) is 23.6 Å². The predicted octanol–water partition coefficient (Wildman–Crippen LogP) is 1.83. The Bertz CT molecular complexity index is 1380. The van der Waals surface area contributed by atoms with Crippen LogP contribution >= 0.6 is 0 Å². The number of fused-ring (bicyclic) bond motifs is 1. The van der Waals surface area contributed by atoms with Gasteiger partial charge in [-0.05, 0) is 23.1 Å². The topological polar surface area (TPSA) is 164 Å². The third-order valence-electron chi connectivity index (χ3n) is 5.88. The lowest BCUT2D eigenvalue weighted by atomic mass is 10.1. The number of anilines is 1. The second-order valence-corrected chi connectivity index (χ2v) is 8.65. The van der Waals surface area contributed by atoms with E-state index in [4.69, 9.17) is 14.2 Å². The normalized spacial score (nSPS) is 18.5. The quantitative estimate of drug-likeness (QED) is 0.338. The average molecular weight is 527 g/mol. The molecule has 5 rings (SSSR count). The van der Waals surface area contributed by atoms with Crippen LogP contribution < -0.4 is 15.0 Å². The van der Waals surface area contributed by atoms with Gasteiger partial charge in [-0.15, -0.1) is 0 Å². The molecule has 0 radical (unpaired) electrons. The summed E-state index contributed by atoms with van der Waals surface area (Å²) in [5, 5.41) is 13.5. The third kappa shape index (κ3) is 5.36. The van der Waals surface area contributed by atoms with E-state index in [1.165, 1.54) is 47.1 Å². The van der Waals surface area contributed by atoms with Crippen LogP contribution in [0, 0.1) is 15.9 Å². The smallest absolute Gasteiger partial charge is 0.414 e. The number of ether oxygens (including phenoxy) is 3. The SMILES string of the molecule is CC(=O)NC[C@H]1CN(c2ccc(-c3cnc(CO[C@@H]4COc5nc([N+](=O)[O-])cn5C4)cn3)c(F)c2)C(=O)O1. The molecule has 1 fully saturated rings. The zero-order chi connectivity index (χ0) is 26.8. The van der Waals surface area contributed by atoms with E-state index in [9.17, 15) is 24.1 Å². The standard InChI is InChI=1S/C23H22FN7O7/c1-13(32)25-6-16-9-30(23(33)38-16)15-2-3-18(19(24)4-15)20-7-26-14(5-27-20)11-36-17-8-29-10-21(31(34)35)28-22(29)37-12-17/h2-5,7,10,16-17H,6,8-9,11-12H2,1H3,(H,25,32)/t16-,17-/m0/s1. The van der Waals surface area contributed by atoms with E-state index in [1.807, 2.05) is 0 Å². The maximum Gasteiger partial charge on any atom is 0.414 e. The molecule has 3 aromatic rings. The first-order valence-electron chi connectivity index (χ1n) is 11.6. The van der Waals surface area contributed by atoms with Crippen molar-refractivity contribution in [2.45, 2.75) is 32.3 Å². The number of nitro groups is 1. The molecule has 0 spiro atoms. The van der Waals surface area contributed by atoms with Gasteiger partial charge in [-0.1, -0.05) is 0 Å². The first-order valence-corrected chi connectivity index (χ1v) is 11.6. The Morgan fingerprint density at radius 3 is 2.87 bits per heavy atom. The molecule has 14 nitrogen and oxygen atoms in total. The number of halogens is 1. The van der Waals surface area contributed by atoms with Gasteiger partial charge in [0.05, 0.1) is 55.7 Å². The molecule has 0 bridgehead atoms. The van der Waals surface area contributed by atoms with Crippen molar-refractivity contribution in [3.05, 3.63) is 58.4 Å². The number of nitrogens with zero attached hydrogens (tertiary/aromatic N) is 6. The molecule has 2 atom stereocenters.